The van der Waals surface area contributed by atoms with Crippen LogP contribution < -0.4 is 10.6 Å². The van der Waals surface area contributed by atoms with Crippen LogP contribution in [0.5, 0.6) is 0 Å². The second kappa shape index (κ2) is 11.2. The fraction of sp³-hybridized carbons (Fsp3) is 0.222. The third kappa shape index (κ3) is 6.14. The summed E-state index contributed by atoms with van der Waals surface area (Å²) in [7, 11) is 1.72. The molecule has 0 spiro atoms. The first kappa shape index (κ1) is 23.9. The van der Waals surface area contributed by atoms with Crippen molar-refractivity contribution in [2.75, 3.05) is 24.2 Å². The average molecular weight is 444 g/mol. The lowest BCUT2D eigenvalue weighted by Gasteiger charge is -2.24. The molecule has 2 N–H and O–H groups in total. The molecule has 0 bridgehead atoms. The first-order valence-electron chi connectivity index (χ1n) is 11.0. The standard InChI is InChI=1S/C27H29N3O3/c1-4-20-12-8-10-16-23(20)28-25(31)18-30(3)19(2)27(33)29-24-17-11-9-15-22(24)26(32)21-13-6-5-7-14-21/h5-17,19H,4,18H2,1-3H3,(H,28,31)(H,29,33). The Morgan fingerprint density at radius 2 is 1.42 bits per heavy atom. The number of carbonyl (C=O) groups is 3. The number of para-hydroxylation sites is 2. The Morgan fingerprint density at radius 1 is 0.818 bits per heavy atom. The van der Waals surface area contributed by atoms with Gasteiger partial charge in [-0.25, -0.2) is 0 Å². The summed E-state index contributed by atoms with van der Waals surface area (Å²) < 4.78 is 0. The van der Waals surface area contributed by atoms with Crippen LogP contribution in [-0.4, -0.2) is 42.1 Å². The van der Waals surface area contributed by atoms with Gasteiger partial charge in [0, 0.05) is 16.8 Å². The molecule has 0 aliphatic carbocycles. The van der Waals surface area contributed by atoms with E-state index in [0.29, 0.717) is 16.8 Å². The van der Waals surface area contributed by atoms with E-state index in [2.05, 4.69) is 10.6 Å². The summed E-state index contributed by atoms with van der Waals surface area (Å²) in [4.78, 5) is 40.0. The van der Waals surface area contributed by atoms with E-state index in [0.717, 1.165) is 17.7 Å². The van der Waals surface area contributed by atoms with Crippen molar-refractivity contribution in [3.8, 4) is 0 Å². The molecule has 0 radical (unpaired) electrons. The molecule has 0 saturated heterocycles. The second-order valence-electron chi connectivity index (χ2n) is 7.88. The van der Waals surface area contributed by atoms with Gasteiger partial charge in [0.15, 0.2) is 5.78 Å². The Labute approximate surface area is 194 Å². The molecule has 2 amide bonds. The van der Waals surface area contributed by atoms with E-state index < -0.39 is 6.04 Å². The van der Waals surface area contributed by atoms with E-state index in [4.69, 9.17) is 0 Å². The largest absolute Gasteiger partial charge is 0.325 e. The van der Waals surface area contributed by atoms with Gasteiger partial charge in [-0.05, 0) is 44.2 Å². The van der Waals surface area contributed by atoms with Crippen LogP contribution in [0.2, 0.25) is 0 Å². The average Bonchev–Trinajstić information content (AvgIpc) is 2.84. The van der Waals surface area contributed by atoms with Crippen molar-refractivity contribution in [2.45, 2.75) is 26.3 Å². The Balaban J connectivity index is 1.65. The van der Waals surface area contributed by atoms with Crippen molar-refractivity contribution in [1.82, 2.24) is 4.90 Å². The number of likely N-dealkylation sites (N-methyl/N-ethyl adjacent to an activating group) is 1. The lowest BCUT2D eigenvalue weighted by Crippen LogP contribution is -2.43. The molecule has 6 heteroatoms. The number of rotatable bonds is 9. The number of carbonyl (C=O) groups excluding carboxylic acids is 3. The molecule has 1 unspecified atom stereocenters. The van der Waals surface area contributed by atoms with Crippen LogP contribution in [0, 0.1) is 0 Å². The minimum atomic E-state index is -0.586. The lowest BCUT2D eigenvalue weighted by molar-refractivity contribution is -0.122. The van der Waals surface area contributed by atoms with Gasteiger partial charge < -0.3 is 10.6 Å². The molecular formula is C27H29N3O3. The number of benzene rings is 3. The normalized spacial score (nSPS) is 11.6. The monoisotopic (exact) mass is 443 g/mol. The fourth-order valence-electron chi connectivity index (χ4n) is 3.48. The summed E-state index contributed by atoms with van der Waals surface area (Å²) in [5.41, 5.74) is 3.25. The van der Waals surface area contributed by atoms with E-state index >= 15 is 0 Å². The highest BCUT2D eigenvalue weighted by molar-refractivity contribution is 6.14. The summed E-state index contributed by atoms with van der Waals surface area (Å²) in [6.45, 7) is 3.81. The topological polar surface area (TPSA) is 78.5 Å². The van der Waals surface area contributed by atoms with Gasteiger partial charge in [0.1, 0.15) is 0 Å². The SMILES string of the molecule is CCc1ccccc1NC(=O)CN(C)C(C)C(=O)Nc1ccccc1C(=O)c1ccccc1. The summed E-state index contributed by atoms with van der Waals surface area (Å²) in [6.07, 6.45) is 0.812. The first-order chi connectivity index (χ1) is 15.9. The van der Waals surface area contributed by atoms with Gasteiger partial charge in [-0.15, -0.1) is 0 Å². The molecule has 6 nitrogen and oxygen atoms in total. The molecule has 0 aliphatic heterocycles. The van der Waals surface area contributed by atoms with Crippen molar-refractivity contribution in [3.05, 3.63) is 95.6 Å². The molecule has 170 valence electrons. The molecule has 0 aromatic heterocycles. The predicted octanol–water partition coefficient (Wildman–Crippen LogP) is 4.38. The molecule has 3 aromatic rings. The number of anilines is 2. The maximum atomic E-state index is 12.9. The third-order valence-electron chi connectivity index (χ3n) is 5.57. The zero-order valence-electron chi connectivity index (χ0n) is 19.2. The van der Waals surface area contributed by atoms with Crippen LogP contribution >= 0.6 is 0 Å². The first-order valence-corrected chi connectivity index (χ1v) is 11.0. The summed E-state index contributed by atoms with van der Waals surface area (Å²) in [5.74, 6) is -0.660. The number of aryl methyl sites for hydroxylation is 1. The highest BCUT2D eigenvalue weighted by Gasteiger charge is 2.22. The van der Waals surface area contributed by atoms with Crippen LogP contribution in [0.1, 0.15) is 35.3 Å². The van der Waals surface area contributed by atoms with E-state index in [1.54, 1.807) is 67.4 Å². The van der Waals surface area contributed by atoms with Crippen LogP contribution in [0.4, 0.5) is 11.4 Å². The highest BCUT2D eigenvalue weighted by Crippen LogP contribution is 2.20. The van der Waals surface area contributed by atoms with Crippen molar-refractivity contribution >= 4 is 29.0 Å². The number of nitrogens with zero attached hydrogens (tertiary/aromatic N) is 1. The lowest BCUT2D eigenvalue weighted by atomic mass is 10.0. The smallest absolute Gasteiger partial charge is 0.241 e. The van der Waals surface area contributed by atoms with Crippen molar-refractivity contribution in [2.24, 2.45) is 0 Å². The molecule has 33 heavy (non-hydrogen) atoms. The Bertz CT molecular complexity index is 1130. The number of ketones is 1. The number of amides is 2. The summed E-state index contributed by atoms with van der Waals surface area (Å²) >= 11 is 0. The zero-order valence-corrected chi connectivity index (χ0v) is 19.2. The molecule has 1 atom stereocenters. The van der Waals surface area contributed by atoms with E-state index in [9.17, 15) is 14.4 Å². The van der Waals surface area contributed by atoms with Crippen molar-refractivity contribution in [1.29, 1.82) is 0 Å². The van der Waals surface area contributed by atoms with Gasteiger partial charge >= 0.3 is 0 Å². The van der Waals surface area contributed by atoms with Crippen molar-refractivity contribution < 1.29 is 14.4 Å². The minimum Gasteiger partial charge on any atom is -0.325 e. The fourth-order valence-corrected chi connectivity index (χ4v) is 3.48. The van der Waals surface area contributed by atoms with Gasteiger partial charge in [-0.3, -0.25) is 19.3 Å². The van der Waals surface area contributed by atoms with Crippen LogP contribution in [0.3, 0.4) is 0 Å². The van der Waals surface area contributed by atoms with Gasteiger partial charge in [-0.1, -0.05) is 67.6 Å². The number of nitrogens with one attached hydrogen (secondary N) is 2. The van der Waals surface area contributed by atoms with Gasteiger partial charge in [0.05, 0.1) is 18.3 Å². The van der Waals surface area contributed by atoms with Gasteiger partial charge in [-0.2, -0.15) is 0 Å². The molecular weight excluding hydrogens is 414 g/mol. The van der Waals surface area contributed by atoms with E-state index in [1.165, 1.54) is 0 Å². The number of hydrogen-bond acceptors (Lipinski definition) is 4. The minimum absolute atomic E-state index is 0.0528. The van der Waals surface area contributed by atoms with E-state index in [1.807, 2.05) is 37.3 Å². The molecule has 0 saturated carbocycles. The molecule has 3 rings (SSSR count). The molecule has 0 fully saturated rings. The maximum absolute atomic E-state index is 12.9. The maximum Gasteiger partial charge on any atom is 0.241 e. The van der Waals surface area contributed by atoms with E-state index in [-0.39, 0.29) is 24.1 Å². The summed E-state index contributed by atoms with van der Waals surface area (Å²) in [5, 5.41) is 5.77. The number of hydrogen-bond donors (Lipinski definition) is 2. The molecule has 0 aliphatic rings. The Morgan fingerprint density at radius 3 is 2.12 bits per heavy atom. The highest BCUT2D eigenvalue weighted by atomic mass is 16.2. The quantitative estimate of drug-likeness (QED) is 0.481. The van der Waals surface area contributed by atoms with Crippen LogP contribution in [0.15, 0.2) is 78.9 Å². The van der Waals surface area contributed by atoms with Crippen molar-refractivity contribution in [3.63, 3.8) is 0 Å². The Kier molecular flexibility index (Phi) is 8.11. The summed E-state index contributed by atoms with van der Waals surface area (Å²) in [6, 6.07) is 22.9. The third-order valence-corrected chi connectivity index (χ3v) is 5.57. The molecule has 0 heterocycles. The van der Waals surface area contributed by atoms with Crippen LogP contribution in [0.25, 0.3) is 0 Å². The zero-order chi connectivity index (χ0) is 23.8. The van der Waals surface area contributed by atoms with Gasteiger partial charge in [0.25, 0.3) is 0 Å². The van der Waals surface area contributed by atoms with Gasteiger partial charge in [0.2, 0.25) is 11.8 Å². The Hall–Kier alpha value is -3.77. The van der Waals surface area contributed by atoms with Crippen LogP contribution in [-0.2, 0) is 16.0 Å². The second-order valence-corrected chi connectivity index (χ2v) is 7.88. The predicted molar refractivity (Wildman–Crippen MR) is 131 cm³/mol. The molecule has 3 aromatic carbocycles.